The number of nitro benzene ring substituents is 1. The first-order valence-corrected chi connectivity index (χ1v) is 5.91. The molecular weight excluding hydrogens is 242 g/mol. The number of nitro groups is 1. The molecule has 0 spiro atoms. The van der Waals surface area contributed by atoms with E-state index in [9.17, 15) is 10.1 Å². The molecule has 0 unspecified atom stereocenters. The minimum atomic E-state index is -0.414. The summed E-state index contributed by atoms with van der Waals surface area (Å²) < 4.78 is 0. The van der Waals surface area contributed by atoms with E-state index in [1.807, 2.05) is 6.92 Å². The van der Waals surface area contributed by atoms with E-state index in [0.29, 0.717) is 17.3 Å². The van der Waals surface area contributed by atoms with E-state index in [1.165, 1.54) is 12.1 Å². The summed E-state index contributed by atoms with van der Waals surface area (Å²) in [5.41, 5.74) is 0.525. The Kier molecular flexibility index (Phi) is 5.72. The van der Waals surface area contributed by atoms with Crippen LogP contribution in [-0.2, 0) is 0 Å². The molecule has 5 nitrogen and oxygen atoms in total. The average Bonchev–Trinajstić information content (AvgIpc) is 2.28. The zero-order valence-corrected chi connectivity index (χ0v) is 10.5. The highest BCUT2D eigenvalue weighted by molar-refractivity contribution is 6.31. The molecule has 0 radical (unpaired) electrons. The Morgan fingerprint density at radius 3 is 2.82 bits per heavy atom. The van der Waals surface area contributed by atoms with Crippen LogP contribution in [0, 0.1) is 10.1 Å². The van der Waals surface area contributed by atoms with Crippen LogP contribution in [0.4, 0.5) is 11.4 Å². The van der Waals surface area contributed by atoms with E-state index in [0.717, 1.165) is 19.5 Å². The Bertz CT molecular complexity index is 385. The molecule has 0 saturated carbocycles. The summed E-state index contributed by atoms with van der Waals surface area (Å²) in [5, 5.41) is 17.5. The monoisotopic (exact) mass is 257 g/mol. The summed E-state index contributed by atoms with van der Waals surface area (Å²) in [5.74, 6) is 0. The predicted octanol–water partition coefficient (Wildman–Crippen LogP) is 2.66. The van der Waals surface area contributed by atoms with Gasteiger partial charge >= 0.3 is 0 Å². The number of benzene rings is 1. The summed E-state index contributed by atoms with van der Waals surface area (Å²) in [6.45, 7) is 4.53. The van der Waals surface area contributed by atoms with Gasteiger partial charge in [-0.2, -0.15) is 0 Å². The highest BCUT2D eigenvalue weighted by Crippen LogP contribution is 2.27. The second-order valence-electron chi connectivity index (χ2n) is 3.55. The van der Waals surface area contributed by atoms with E-state index in [-0.39, 0.29) is 5.69 Å². The Morgan fingerprint density at radius 2 is 2.18 bits per heavy atom. The first kappa shape index (κ1) is 13.7. The number of hydrogen-bond donors (Lipinski definition) is 2. The molecule has 2 N–H and O–H groups in total. The molecule has 6 heteroatoms. The van der Waals surface area contributed by atoms with Gasteiger partial charge in [0.1, 0.15) is 5.69 Å². The SMILES string of the molecule is CCNCCCNc1cc(Cl)ccc1[N+](=O)[O-]. The van der Waals surface area contributed by atoms with Crippen LogP contribution in [0.15, 0.2) is 18.2 Å². The van der Waals surface area contributed by atoms with Gasteiger partial charge in [0.05, 0.1) is 4.92 Å². The van der Waals surface area contributed by atoms with Crippen LogP contribution in [0.1, 0.15) is 13.3 Å². The standard InChI is InChI=1S/C11H16ClN3O2/c1-2-13-6-3-7-14-10-8-9(12)4-5-11(10)15(16)17/h4-5,8,13-14H,2-3,6-7H2,1H3. The summed E-state index contributed by atoms with van der Waals surface area (Å²) in [7, 11) is 0. The van der Waals surface area contributed by atoms with Crippen LogP contribution in [0.5, 0.6) is 0 Å². The molecule has 0 amide bonds. The molecule has 0 fully saturated rings. The second kappa shape index (κ2) is 7.09. The first-order chi connectivity index (χ1) is 8.15. The van der Waals surface area contributed by atoms with Crippen LogP contribution in [0.25, 0.3) is 0 Å². The van der Waals surface area contributed by atoms with Crippen molar-refractivity contribution in [1.29, 1.82) is 0 Å². The molecular formula is C11H16ClN3O2. The molecule has 0 aliphatic rings. The maximum Gasteiger partial charge on any atom is 0.292 e. The van der Waals surface area contributed by atoms with Crippen LogP contribution in [-0.4, -0.2) is 24.6 Å². The molecule has 0 bridgehead atoms. The van der Waals surface area contributed by atoms with Gasteiger partial charge in [0.2, 0.25) is 0 Å². The van der Waals surface area contributed by atoms with Crippen molar-refractivity contribution in [2.75, 3.05) is 25.0 Å². The minimum Gasteiger partial charge on any atom is -0.379 e. The predicted molar refractivity (Wildman–Crippen MR) is 69.8 cm³/mol. The third kappa shape index (κ3) is 4.58. The molecule has 0 aromatic heterocycles. The van der Waals surface area contributed by atoms with Crippen molar-refractivity contribution in [3.8, 4) is 0 Å². The molecule has 0 heterocycles. The normalized spacial score (nSPS) is 10.2. The van der Waals surface area contributed by atoms with Crippen LogP contribution in [0.3, 0.4) is 0 Å². The van der Waals surface area contributed by atoms with Gasteiger partial charge in [-0.3, -0.25) is 10.1 Å². The van der Waals surface area contributed by atoms with Crippen molar-refractivity contribution in [3.05, 3.63) is 33.3 Å². The van der Waals surface area contributed by atoms with Gasteiger partial charge in [0.15, 0.2) is 0 Å². The van der Waals surface area contributed by atoms with Crippen molar-refractivity contribution < 1.29 is 4.92 Å². The number of halogens is 1. The Hall–Kier alpha value is -1.33. The molecule has 0 atom stereocenters. The van der Waals surface area contributed by atoms with E-state index in [1.54, 1.807) is 6.07 Å². The molecule has 1 aromatic carbocycles. The third-order valence-corrected chi connectivity index (χ3v) is 2.49. The number of hydrogen-bond acceptors (Lipinski definition) is 4. The maximum absolute atomic E-state index is 10.8. The highest BCUT2D eigenvalue weighted by Gasteiger charge is 2.12. The van der Waals surface area contributed by atoms with Crippen LogP contribution >= 0.6 is 11.6 Å². The number of nitrogens with one attached hydrogen (secondary N) is 2. The lowest BCUT2D eigenvalue weighted by Crippen LogP contribution is -2.17. The lowest BCUT2D eigenvalue weighted by Gasteiger charge is -2.07. The maximum atomic E-state index is 10.8. The molecule has 1 rings (SSSR count). The first-order valence-electron chi connectivity index (χ1n) is 5.53. The quantitative estimate of drug-likeness (QED) is 0.448. The van der Waals surface area contributed by atoms with Gasteiger partial charge in [-0.25, -0.2) is 0 Å². The Morgan fingerprint density at radius 1 is 1.41 bits per heavy atom. The van der Waals surface area contributed by atoms with Gasteiger partial charge in [-0.05, 0) is 31.6 Å². The van der Waals surface area contributed by atoms with Crippen molar-refractivity contribution in [3.63, 3.8) is 0 Å². The van der Waals surface area contributed by atoms with E-state index >= 15 is 0 Å². The van der Waals surface area contributed by atoms with Gasteiger partial charge in [0.25, 0.3) is 5.69 Å². The largest absolute Gasteiger partial charge is 0.379 e. The fourth-order valence-corrected chi connectivity index (χ4v) is 1.59. The minimum absolute atomic E-state index is 0.0536. The third-order valence-electron chi connectivity index (χ3n) is 2.25. The van der Waals surface area contributed by atoms with E-state index in [4.69, 9.17) is 11.6 Å². The molecule has 0 aliphatic heterocycles. The summed E-state index contributed by atoms with van der Waals surface area (Å²) in [6, 6.07) is 4.51. The summed E-state index contributed by atoms with van der Waals surface area (Å²) >= 11 is 5.81. The van der Waals surface area contributed by atoms with Crippen LogP contribution in [0.2, 0.25) is 5.02 Å². The smallest absolute Gasteiger partial charge is 0.292 e. The second-order valence-corrected chi connectivity index (χ2v) is 3.99. The molecule has 0 aliphatic carbocycles. The molecule has 0 saturated heterocycles. The zero-order valence-electron chi connectivity index (χ0n) is 9.70. The highest BCUT2D eigenvalue weighted by atomic mass is 35.5. The Labute approximate surface area is 105 Å². The van der Waals surface area contributed by atoms with Gasteiger partial charge in [0, 0.05) is 17.6 Å². The van der Waals surface area contributed by atoms with Crippen molar-refractivity contribution in [2.45, 2.75) is 13.3 Å². The lowest BCUT2D eigenvalue weighted by molar-refractivity contribution is -0.384. The average molecular weight is 258 g/mol. The number of rotatable bonds is 7. The fraction of sp³-hybridized carbons (Fsp3) is 0.455. The van der Waals surface area contributed by atoms with E-state index < -0.39 is 4.92 Å². The molecule has 1 aromatic rings. The molecule has 94 valence electrons. The van der Waals surface area contributed by atoms with Crippen LogP contribution < -0.4 is 10.6 Å². The van der Waals surface area contributed by atoms with Crippen molar-refractivity contribution in [2.24, 2.45) is 0 Å². The summed E-state index contributed by atoms with van der Waals surface area (Å²) in [6.07, 6.45) is 0.900. The fourth-order valence-electron chi connectivity index (χ4n) is 1.42. The molecule has 17 heavy (non-hydrogen) atoms. The van der Waals surface area contributed by atoms with Crippen molar-refractivity contribution in [1.82, 2.24) is 5.32 Å². The number of anilines is 1. The van der Waals surface area contributed by atoms with E-state index in [2.05, 4.69) is 10.6 Å². The van der Waals surface area contributed by atoms with Crippen molar-refractivity contribution >= 4 is 23.0 Å². The van der Waals surface area contributed by atoms with Gasteiger partial charge < -0.3 is 10.6 Å². The van der Waals surface area contributed by atoms with Gasteiger partial charge in [-0.1, -0.05) is 18.5 Å². The lowest BCUT2D eigenvalue weighted by atomic mass is 10.2. The Balaban J connectivity index is 2.56. The summed E-state index contributed by atoms with van der Waals surface area (Å²) in [4.78, 5) is 10.4. The topological polar surface area (TPSA) is 67.2 Å². The number of nitrogens with zero attached hydrogens (tertiary/aromatic N) is 1. The van der Waals surface area contributed by atoms with Gasteiger partial charge in [-0.15, -0.1) is 0 Å². The zero-order chi connectivity index (χ0) is 12.7.